The van der Waals surface area contributed by atoms with Crippen LogP contribution in [0, 0.1) is 37.5 Å². The van der Waals surface area contributed by atoms with E-state index in [1.807, 2.05) is 86.6 Å². The van der Waals surface area contributed by atoms with E-state index >= 15 is 0 Å². The summed E-state index contributed by atoms with van der Waals surface area (Å²) in [5, 5.41) is 21.2. The smallest absolute Gasteiger partial charge is 0.315 e. The molecule has 2 N–H and O–H groups in total. The molecule has 5 rings (SSSR count). The van der Waals surface area contributed by atoms with E-state index in [0.29, 0.717) is 5.75 Å². The predicted octanol–water partition coefficient (Wildman–Crippen LogP) is 6.46. The summed E-state index contributed by atoms with van der Waals surface area (Å²) in [6.45, 7) is 4.02. The third-order valence-corrected chi connectivity index (χ3v) is 8.48. The predicted molar refractivity (Wildman–Crippen MR) is 168 cm³/mol. The fourth-order valence-corrected chi connectivity index (χ4v) is 5.86. The summed E-state index contributed by atoms with van der Waals surface area (Å²) >= 11 is 0. The molecule has 0 spiro atoms. The van der Waals surface area contributed by atoms with E-state index < -0.39 is 47.9 Å². The standard InChI is InChI=1S/C37H36O8/c1-22-4-8-24(9-5-22)26-12-16-28(17-13-26)44-36(41)31-21-32(35(40)43-3)33(20-30(31)34(38)39)37(42)45-29-18-14-27(15-19-29)25-10-6-23(2)7-11-25/h4-19,30-33,36,41H,20-21H2,1-3H3,(H,38,39). The molecule has 0 aromatic heterocycles. The average Bonchev–Trinajstić information content (AvgIpc) is 3.05. The molecule has 1 aliphatic carbocycles. The molecule has 5 unspecified atom stereocenters. The van der Waals surface area contributed by atoms with Gasteiger partial charge in [0.2, 0.25) is 6.29 Å². The van der Waals surface area contributed by atoms with Crippen molar-refractivity contribution in [3.63, 3.8) is 0 Å². The zero-order chi connectivity index (χ0) is 32.1. The molecule has 4 aromatic rings. The molecular weight excluding hydrogens is 572 g/mol. The molecule has 0 radical (unpaired) electrons. The zero-order valence-corrected chi connectivity index (χ0v) is 25.4. The molecule has 0 amide bonds. The van der Waals surface area contributed by atoms with Crippen molar-refractivity contribution in [2.24, 2.45) is 23.7 Å². The number of benzene rings is 4. The Balaban J connectivity index is 1.29. The molecular formula is C37H36O8. The van der Waals surface area contributed by atoms with Crippen molar-refractivity contribution in [2.45, 2.75) is 33.0 Å². The van der Waals surface area contributed by atoms with Gasteiger partial charge in [0.25, 0.3) is 0 Å². The van der Waals surface area contributed by atoms with Gasteiger partial charge < -0.3 is 24.4 Å². The van der Waals surface area contributed by atoms with E-state index in [4.69, 9.17) is 14.2 Å². The van der Waals surface area contributed by atoms with Gasteiger partial charge in [0, 0.05) is 5.92 Å². The number of aliphatic carboxylic acids is 1. The van der Waals surface area contributed by atoms with Crippen LogP contribution in [0.3, 0.4) is 0 Å². The summed E-state index contributed by atoms with van der Waals surface area (Å²) in [5.74, 6) is -6.30. The first kappa shape index (κ1) is 31.5. The van der Waals surface area contributed by atoms with Crippen LogP contribution in [-0.2, 0) is 19.1 Å². The minimum absolute atomic E-state index is 0.140. The molecule has 0 heterocycles. The summed E-state index contributed by atoms with van der Waals surface area (Å²) in [7, 11) is 1.20. The maximum atomic E-state index is 13.4. The molecule has 1 aliphatic rings. The largest absolute Gasteiger partial charge is 0.481 e. The monoisotopic (exact) mass is 608 g/mol. The third-order valence-electron chi connectivity index (χ3n) is 8.48. The molecule has 0 bridgehead atoms. The van der Waals surface area contributed by atoms with Crippen molar-refractivity contribution in [2.75, 3.05) is 7.11 Å². The number of methoxy groups -OCH3 is 1. The lowest BCUT2D eigenvalue weighted by atomic mass is 9.67. The van der Waals surface area contributed by atoms with Crippen LogP contribution in [0.1, 0.15) is 24.0 Å². The summed E-state index contributed by atoms with van der Waals surface area (Å²) < 4.78 is 16.4. The Hall–Kier alpha value is -4.95. The topological polar surface area (TPSA) is 119 Å². The summed E-state index contributed by atoms with van der Waals surface area (Å²) in [6.07, 6.45) is -1.92. The number of aryl methyl sites for hydroxylation is 2. The minimum Gasteiger partial charge on any atom is -0.481 e. The highest BCUT2D eigenvalue weighted by Gasteiger charge is 2.50. The van der Waals surface area contributed by atoms with Gasteiger partial charge in [0.1, 0.15) is 11.5 Å². The van der Waals surface area contributed by atoms with E-state index in [0.717, 1.165) is 33.4 Å². The van der Waals surface area contributed by atoms with Crippen LogP contribution < -0.4 is 9.47 Å². The average molecular weight is 609 g/mol. The van der Waals surface area contributed by atoms with Gasteiger partial charge in [-0.15, -0.1) is 0 Å². The van der Waals surface area contributed by atoms with Crippen molar-refractivity contribution in [1.82, 2.24) is 0 Å². The first-order valence-electron chi connectivity index (χ1n) is 14.8. The molecule has 232 valence electrons. The van der Waals surface area contributed by atoms with E-state index in [9.17, 15) is 24.6 Å². The summed E-state index contributed by atoms with van der Waals surface area (Å²) in [6, 6.07) is 30.1. The first-order valence-corrected chi connectivity index (χ1v) is 14.8. The molecule has 0 aliphatic heterocycles. The second-order valence-corrected chi connectivity index (χ2v) is 11.5. The highest BCUT2D eigenvalue weighted by atomic mass is 16.6. The van der Waals surface area contributed by atoms with Crippen molar-refractivity contribution >= 4 is 17.9 Å². The highest BCUT2D eigenvalue weighted by molar-refractivity contribution is 5.85. The molecule has 45 heavy (non-hydrogen) atoms. The number of ether oxygens (including phenoxy) is 3. The van der Waals surface area contributed by atoms with Gasteiger partial charge in [-0.25, -0.2) is 0 Å². The lowest BCUT2D eigenvalue weighted by molar-refractivity contribution is -0.172. The molecule has 8 nitrogen and oxygen atoms in total. The van der Waals surface area contributed by atoms with Gasteiger partial charge in [-0.1, -0.05) is 83.9 Å². The SMILES string of the molecule is COC(=O)C1CC(C(O)Oc2ccc(-c3ccc(C)cc3)cc2)C(C(=O)O)CC1C(=O)Oc1ccc(-c2ccc(C)cc2)cc1. The van der Waals surface area contributed by atoms with Gasteiger partial charge in [-0.3, -0.25) is 14.4 Å². The minimum atomic E-state index is -1.55. The molecule has 0 saturated heterocycles. The highest BCUT2D eigenvalue weighted by Crippen LogP contribution is 2.42. The number of aliphatic hydroxyl groups excluding tert-OH is 1. The third kappa shape index (κ3) is 7.41. The molecule has 1 saturated carbocycles. The Kier molecular flexibility index (Phi) is 9.64. The van der Waals surface area contributed by atoms with Crippen LogP contribution in [0.25, 0.3) is 22.3 Å². The summed E-state index contributed by atoms with van der Waals surface area (Å²) in [5.41, 5.74) is 6.21. The fraction of sp³-hybridized carbons (Fsp3) is 0.270. The van der Waals surface area contributed by atoms with Crippen LogP contribution in [0.5, 0.6) is 11.5 Å². The van der Waals surface area contributed by atoms with Gasteiger partial charge in [0.15, 0.2) is 0 Å². The number of aliphatic hydroxyl groups is 1. The number of esters is 2. The van der Waals surface area contributed by atoms with Crippen LogP contribution in [-0.4, -0.2) is 41.5 Å². The molecule has 4 aromatic carbocycles. The van der Waals surface area contributed by atoms with Crippen molar-refractivity contribution in [3.05, 3.63) is 108 Å². The van der Waals surface area contributed by atoms with E-state index in [2.05, 4.69) is 0 Å². The Labute approximate surface area is 262 Å². The van der Waals surface area contributed by atoms with Gasteiger partial charge >= 0.3 is 17.9 Å². The number of rotatable bonds is 9. The van der Waals surface area contributed by atoms with Crippen LogP contribution >= 0.6 is 0 Å². The maximum Gasteiger partial charge on any atom is 0.315 e. The number of carboxylic acids is 1. The number of carboxylic acid groups (broad SMARTS) is 1. The van der Waals surface area contributed by atoms with Crippen molar-refractivity contribution < 1.29 is 38.8 Å². The van der Waals surface area contributed by atoms with E-state index in [1.165, 1.54) is 7.11 Å². The first-order chi connectivity index (χ1) is 21.6. The Morgan fingerprint density at radius 3 is 1.49 bits per heavy atom. The normalized spacial score (nSPS) is 20.1. The van der Waals surface area contributed by atoms with Crippen LogP contribution in [0.2, 0.25) is 0 Å². The van der Waals surface area contributed by atoms with Gasteiger partial charge in [-0.05, 0) is 73.2 Å². The van der Waals surface area contributed by atoms with E-state index in [1.54, 1.807) is 24.3 Å². The number of carbonyl (C=O) groups is 3. The van der Waals surface area contributed by atoms with Gasteiger partial charge in [0.05, 0.1) is 24.9 Å². The zero-order valence-electron chi connectivity index (χ0n) is 25.4. The maximum absolute atomic E-state index is 13.4. The Morgan fingerprint density at radius 2 is 1.04 bits per heavy atom. The lowest BCUT2D eigenvalue weighted by Crippen LogP contribution is -2.48. The van der Waals surface area contributed by atoms with Crippen LogP contribution in [0.4, 0.5) is 0 Å². The second-order valence-electron chi connectivity index (χ2n) is 11.5. The van der Waals surface area contributed by atoms with Crippen LogP contribution in [0.15, 0.2) is 97.1 Å². The van der Waals surface area contributed by atoms with Crippen molar-refractivity contribution in [1.29, 1.82) is 0 Å². The fourth-order valence-electron chi connectivity index (χ4n) is 5.86. The Morgan fingerprint density at radius 1 is 0.622 bits per heavy atom. The number of hydrogen-bond acceptors (Lipinski definition) is 7. The number of carbonyl (C=O) groups excluding carboxylic acids is 2. The second kappa shape index (κ2) is 13.8. The molecule has 1 fully saturated rings. The lowest BCUT2D eigenvalue weighted by Gasteiger charge is -2.38. The quantitative estimate of drug-likeness (QED) is 0.126. The molecule has 5 atom stereocenters. The van der Waals surface area contributed by atoms with Gasteiger partial charge in [-0.2, -0.15) is 0 Å². The van der Waals surface area contributed by atoms with E-state index in [-0.39, 0.29) is 18.6 Å². The molecule has 8 heteroatoms. The number of hydrogen-bond donors (Lipinski definition) is 2. The summed E-state index contributed by atoms with van der Waals surface area (Å²) in [4.78, 5) is 38.6. The van der Waals surface area contributed by atoms with Crippen molar-refractivity contribution in [3.8, 4) is 33.8 Å². The Bertz CT molecular complexity index is 1630.